The van der Waals surface area contributed by atoms with Crippen LogP contribution >= 0.6 is 0 Å². The Bertz CT molecular complexity index is 579. The summed E-state index contributed by atoms with van der Waals surface area (Å²) >= 11 is 0. The van der Waals surface area contributed by atoms with Crippen molar-refractivity contribution < 1.29 is 13.9 Å². The average molecular weight is 363 g/mol. The molecule has 0 aliphatic carbocycles. The van der Waals surface area contributed by atoms with Gasteiger partial charge in [0.1, 0.15) is 11.9 Å². The second kappa shape index (κ2) is 8.93. The number of carbonyl (C=O) groups excluding carboxylic acids is 1. The van der Waals surface area contributed by atoms with Crippen LogP contribution in [0.15, 0.2) is 24.3 Å². The highest BCUT2D eigenvalue weighted by Gasteiger charge is 2.29. The molecule has 0 aromatic heterocycles. The molecule has 0 bridgehead atoms. The number of piperidine rings is 1. The van der Waals surface area contributed by atoms with Gasteiger partial charge in [-0.3, -0.25) is 9.69 Å². The van der Waals surface area contributed by atoms with E-state index in [0.717, 1.165) is 57.6 Å². The highest BCUT2D eigenvalue weighted by molar-refractivity contribution is 5.83. The van der Waals surface area contributed by atoms with Gasteiger partial charge in [-0.2, -0.15) is 0 Å². The lowest BCUT2D eigenvalue weighted by Gasteiger charge is -2.39. The lowest BCUT2D eigenvalue weighted by Crippen LogP contribution is -2.50. The van der Waals surface area contributed by atoms with Gasteiger partial charge in [-0.25, -0.2) is 4.39 Å². The van der Waals surface area contributed by atoms with Crippen molar-refractivity contribution in [2.24, 2.45) is 0 Å². The van der Waals surface area contributed by atoms with Crippen LogP contribution in [0.4, 0.5) is 4.39 Å². The molecular weight excluding hydrogens is 333 g/mol. The van der Waals surface area contributed by atoms with Crippen LogP contribution in [0.3, 0.4) is 0 Å². The first kappa shape index (κ1) is 19.3. The second-order valence-corrected chi connectivity index (χ2v) is 7.58. The van der Waals surface area contributed by atoms with Crippen LogP contribution in [-0.2, 0) is 9.53 Å². The van der Waals surface area contributed by atoms with Crippen LogP contribution in [0.25, 0.3) is 0 Å². The maximum atomic E-state index is 13.2. The predicted octanol–water partition coefficient (Wildman–Crippen LogP) is 2.19. The Morgan fingerprint density at radius 3 is 2.35 bits per heavy atom. The lowest BCUT2D eigenvalue weighted by molar-refractivity contribution is -0.126. The number of hydrogen-bond acceptors (Lipinski definition) is 4. The van der Waals surface area contributed by atoms with E-state index in [4.69, 9.17) is 4.74 Å². The monoisotopic (exact) mass is 363 g/mol. The van der Waals surface area contributed by atoms with Crippen molar-refractivity contribution in [3.63, 3.8) is 0 Å². The summed E-state index contributed by atoms with van der Waals surface area (Å²) in [6.45, 7) is 3.78. The number of benzene rings is 1. The minimum absolute atomic E-state index is 0.00822. The van der Waals surface area contributed by atoms with Gasteiger partial charge < -0.3 is 15.0 Å². The standard InChI is InChI=1S/C20H30FN3O2/c1-23(2)19(15-3-5-16(21)6-4-15)20(25)22-17-7-11-24(12-8-17)18-9-13-26-14-10-18/h3-6,17-19H,7-14H2,1-2H3,(H,22,25). The molecule has 26 heavy (non-hydrogen) atoms. The fourth-order valence-corrected chi connectivity index (χ4v) is 4.07. The van der Waals surface area contributed by atoms with E-state index in [-0.39, 0.29) is 17.8 Å². The number of nitrogens with zero attached hydrogens (tertiary/aromatic N) is 2. The molecule has 1 atom stereocenters. The van der Waals surface area contributed by atoms with Gasteiger partial charge in [0.25, 0.3) is 0 Å². The first-order valence-electron chi connectivity index (χ1n) is 9.58. The van der Waals surface area contributed by atoms with Crippen molar-refractivity contribution in [3.05, 3.63) is 35.6 Å². The van der Waals surface area contributed by atoms with E-state index in [0.29, 0.717) is 6.04 Å². The number of rotatable bonds is 5. The number of likely N-dealkylation sites (N-methyl/N-ethyl adjacent to an activating group) is 1. The molecule has 0 saturated carbocycles. The van der Waals surface area contributed by atoms with Gasteiger partial charge in [0.05, 0.1) is 0 Å². The summed E-state index contributed by atoms with van der Waals surface area (Å²) in [5.41, 5.74) is 0.813. The molecule has 0 radical (unpaired) electrons. The van der Waals surface area contributed by atoms with Crippen molar-refractivity contribution >= 4 is 5.91 Å². The number of hydrogen-bond donors (Lipinski definition) is 1. The Balaban J connectivity index is 1.54. The molecule has 1 amide bonds. The van der Waals surface area contributed by atoms with E-state index >= 15 is 0 Å². The maximum Gasteiger partial charge on any atom is 0.242 e. The molecular formula is C20H30FN3O2. The molecule has 2 saturated heterocycles. The molecule has 2 heterocycles. The van der Waals surface area contributed by atoms with Crippen LogP contribution in [0.1, 0.15) is 37.3 Å². The summed E-state index contributed by atoms with van der Waals surface area (Å²) in [5, 5.41) is 3.21. The second-order valence-electron chi connectivity index (χ2n) is 7.58. The summed E-state index contributed by atoms with van der Waals surface area (Å²) in [4.78, 5) is 17.3. The molecule has 6 heteroatoms. The highest BCUT2D eigenvalue weighted by Crippen LogP contribution is 2.22. The van der Waals surface area contributed by atoms with Crippen LogP contribution in [-0.4, -0.2) is 68.2 Å². The van der Waals surface area contributed by atoms with E-state index in [1.54, 1.807) is 12.1 Å². The summed E-state index contributed by atoms with van der Waals surface area (Å²) in [6.07, 6.45) is 4.19. The van der Waals surface area contributed by atoms with Crippen molar-refractivity contribution in [1.82, 2.24) is 15.1 Å². The van der Waals surface area contributed by atoms with Gasteiger partial charge in [0.2, 0.25) is 5.91 Å². The van der Waals surface area contributed by atoms with Crippen molar-refractivity contribution in [1.29, 1.82) is 0 Å². The van der Waals surface area contributed by atoms with Crippen molar-refractivity contribution in [3.8, 4) is 0 Å². The third-order valence-corrected chi connectivity index (χ3v) is 5.53. The molecule has 1 unspecified atom stereocenters. The average Bonchev–Trinajstić information content (AvgIpc) is 2.64. The predicted molar refractivity (Wildman–Crippen MR) is 99.4 cm³/mol. The fraction of sp³-hybridized carbons (Fsp3) is 0.650. The van der Waals surface area contributed by atoms with Crippen LogP contribution in [0, 0.1) is 5.82 Å². The number of halogens is 1. The molecule has 2 aliphatic rings. The van der Waals surface area contributed by atoms with E-state index in [9.17, 15) is 9.18 Å². The lowest BCUT2D eigenvalue weighted by atomic mass is 9.98. The third kappa shape index (κ3) is 4.81. The number of ether oxygens (including phenoxy) is 1. The molecule has 1 aromatic rings. The van der Waals surface area contributed by atoms with Gasteiger partial charge in [-0.15, -0.1) is 0 Å². The summed E-state index contributed by atoms with van der Waals surface area (Å²) in [6, 6.07) is 6.64. The number of nitrogens with one attached hydrogen (secondary N) is 1. The van der Waals surface area contributed by atoms with Crippen LogP contribution in [0.5, 0.6) is 0 Å². The maximum absolute atomic E-state index is 13.2. The van der Waals surface area contributed by atoms with Crippen molar-refractivity contribution in [2.75, 3.05) is 40.4 Å². The van der Waals surface area contributed by atoms with Gasteiger partial charge in [0.15, 0.2) is 0 Å². The Morgan fingerprint density at radius 1 is 1.15 bits per heavy atom. The molecule has 5 nitrogen and oxygen atoms in total. The minimum atomic E-state index is -0.399. The molecule has 144 valence electrons. The zero-order valence-corrected chi connectivity index (χ0v) is 15.8. The van der Waals surface area contributed by atoms with Crippen LogP contribution < -0.4 is 5.32 Å². The first-order valence-corrected chi connectivity index (χ1v) is 9.58. The molecule has 0 spiro atoms. The largest absolute Gasteiger partial charge is 0.381 e. The summed E-state index contributed by atoms with van der Waals surface area (Å²) < 4.78 is 18.6. The number of carbonyl (C=O) groups is 1. The summed E-state index contributed by atoms with van der Waals surface area (Å²) in [7, 11) is 3.75. The molecule has 1 aromatic carbocycles. The number of amides is 1. The van der Waals surface area contributed by atoms with E-state index in [2.05, 4.69) is 10.2 Å². The highest BCUT2D eigenvalue weighted by atomic mass is 19.1. The topological polar surface area (TPSA) is 44.8 Å². The Labute approximate surface area is 155 Å². The number of likely N-dealkylation sites (tertiary alicyclic amines) is 1. The van der Waals surface area contributed by atoms with Gasteiger partial charge in [-0.05, 0) is 57.5 Å². The van der Waals surface area contributed by atoms with Gasteiger partial charge in [0, 0.05) is 38.4 Å². The molecule has 2 fully saturated rings. The smallest absolute Gasteiger partial charge is 0.242 e. The van der Waals surface area contributed by atoms with Gasteiger partial charge >= 0.3 is 0 Å². The Hall–Kier alpha value is -1.50. The zero-order valence-electron chi connectivity index (χ0n) is 15.8. The quantitative estimate of drug-likeness (QED) is 0.871. The Morgan fingerprint density at radius 2 is 1.77 bits per heavy atom. The van der Waals surface area contributed by atoms with E-state index in [1.165, 1.54) is 12.1 Å². The molecule has 3 rings (SSSR count). The fourth-order valence-electron chi connectivity index (χ4n) is 4.07. The minimum Gasteiger partial charge on any atom is -0.381 e. The zero-order chi connectivity index (χ0) is 18.5. The third-order valence-electron chi connectivity index (χ3n) is 5.53. The van der Waals surface area contributed by atoms with Gasteiger partial charge in [-0.1, -0.05) is 12.1 Å². The van der Waals surface area contributed by atoms with E-state index < -0.39 is 6.04 Å². The Kier molecular flexibility index (Phi) is 6.62. The van der Waals surface area contributed by atoms with Crippen molar-refractivity contribution in [2.45, 2.75) is 43.8 Å². The van der Waals surface area contributed by atoms with E-state index in [1.807, 2.05) is 19.0 Å². The first-order chi connectivity index (χ1) is 12.5. The SMILES string of the molecule is CN(C)C(C(=O)NC1CCN(C2CCOCC2)CC1)c1ccc(F)cc1. The molecule has 1 N–H and O–H groups in total. The van der Waals surface area contributed by atoms with Crippen LogP contribution in [0.2, 0.25) is 0 Å². The molecule has 2 aliphatic heterocycles. The summed E-state index contributed by atoms with van der Waals surface area (Å²) in [5.74, 6) is -0.293. The normalized spacial score (nSPS) is 21.7.